The first kappa shape index (κ1) is 11.4. The summed E-state index contributed by atoms with van der Waals surface area (Å²) < 4.78 is 7.22. The molecule has 0 fully saturated rings. The first-order chi connectivity index (χ1) is 9.81. The summed E-state index contributed by atoms with van der Waals surface area (Å²) >= 11 is 0. The standard InChI is InChI=1S/C14H13N5O/c1-19-5-4-16-13(19)12-17-14(20-18-12)9-2-3-10-7-15-8-11(10)6-9/h2-6,15H,7-8H2,1H3. The van der Waals surface area contributed by atoms with Gasteiger partial charge in [-0.15, -0.1) is 0 Å². The largest absolute Gasteiger partial charge is 0.334 e. The SMILES string of the molecule is Cn1ccnc1-c1noc(-c2ccc3c(c2)CNC3)n1. The molecule has 0 atom stereocenters. The van der Waals surface area contributed by atoms with E-state index in [1.165, 1.54) is 11.1 Å². The molecule has 4 rings (SSSR count). The Bertz CT molecular complexity index is 773. The Morgan fingerprint density at radius 1 is 1.25 bits per heavy atom. The van der Waals surface area contributed by atoms with E-state index in [2.05, 4.69) is 32.6 Å². The molecule has 1 aliphatic heterocycles. The summed E-state index contributed by atoms with van der Waals surface area (Å²) in [6.07, 6.45) is 3.57. The molecule has 1 aliphatic rings. The zero-order chi connectivity index (χ0) is 13.5. The van der Waals surface area contributed by atoms with Crippen molar-refractivity contribution in [3.63, 3.8) is 0 Å². The number of hydrogen-bond donors (Lipinski definition) is 1. The third kappa shape index (κ3) is 1.73. The average Bonchev–Trinajstić information content (AvgIpc) is 3.17. The highest BCUT2D eigenvalue weighted by molar-refractivity contribution is 5.58. The van der Waals surface area contributed by atoms with E-state index in [0.29, 0.717) is 17.5 Å². The molecule has 0 aliphatic carbocycles. The highest BCUT2D eigenvalue weighted by atomic mass is 16.5. The summed E-state index contributed by atoms with van der Waals surface area (Å²) in [5.41, 5.74) is 3.57. The molecular formula is C14H13N5O. The number of benzene rings is 1. The molecular weight excluding hydrogens is 254 g/mol. The van der Waals surface area contributed by atoms with Crippen LogP contribution in [0.1, 0.15) is 11.1 Å². The zero-order valence-corrected chi connectivity index (χ0v) is 11.0. The van der Waals surface area contributed by atoms with Crippen LogP contribution in [0.2, 0.25) is 0 Å². The molecule has 6 heteroatoms. The first-order valence-corrected chi connectivity index (χ1v) is 6.45. The molecule has 100 valence electrons. The fourth-order valence-corrected chi connectivity index (χ4v) is 2.44. The molecule has 0 spiro atoms. The van der Waals surface area contributed by atoms with Gasteiger partial charge in [0, 0.05) is 38.1 Å². The quantitative estimate of drug-likeness (QED) is 0.766. The summed E-state index contributed by atoms with van der Waals surface area (Å²) in [5.74, 6) is 1.73. The fourth-order valence-electron chi connectivity index (χ4n) is 2.44. The molecule has 1 aromatic carbocycles. The predicted molar refractivity (Wildman–Crippen MR) is 72.5 cm³/mol. The second-order valence-electron chi connectivity index (χ2n) is 4.87. The van der Waals surface area contributed by atoms with Gasteiger partial charge < -0.3 is 14.4 Å². The van der Waals surface area contributed by atoms with Crippen LogP contribution in [0.15, 0.2) is 35.1 Å². The number of aryl methyl sites for hydroxylation is 1. The topological polar surface area (TPSA) is 68.8 Å². The normalized spacial score (nSPS) is 13.7. The molecule has 0 amide bonds. The molecule has 3 aromatic rings. The van der Waals surface area contributed by atoms with Crippen LogP contribution >= 0.6 is 0 Å². The minimum atomic E-state index is 0.506. The third-order valence-corrected chi connectivity index (χ3v) is 3.53. The maximum absolute atomic E-state index is 5.35. The van der Waals surface area contributed by atoms with Gasteiger partial charge in [-0.3, -0.25) is 0 Å². The van der Waals surface area contributed by atoms with Crippen LogP contribution in [0.4, 0.5) is 0 Å². The van der Waals surface area contributed by atoms with E-state index in [1.54, 1.807) is 6.20 Å². The lowest BCUT2D eigenvalue weighted by atomic mass is 10.1. The van der Waals surface area contributed by atoms with Gasteiger partial charge >= 0.3 is 0 Å². The van der Waals surface area contributed by atoms with Gasteiger partial charge in [-0.25, -0.2) is 4.98 Å². The van der Waals surface area contributed by atoms with Crippen molar-refractivity contribution in [1.29, 1.82) is 0 Å². The second kappa shape index (κ2) is 4.28. The van der Waals surface area contributed by atoms with Gasteiger partial charge in [-0.1, -0.05) is 11.2 Å². The number of nitrogens with one attached hydrogen (secondary N) is 1. The first-order valence-electron chi connectivity index (χ1n) is 6.45. The van der Waals surface area contributed by atoms with Crippen molar-refractivity contribution in [2.75, 3.05) is 0 Å². The number of hydrogen-bond acceptors (Lipinski definition) is 5. The van der Waals surface area contributed by atoms with E-state index in [0.717, 1.165) is 18.7 Å². The summed E-state index contributed by atoms with van der Waals surface area (Å²) in [6, 6.07) is 6.22. The molecule has 2 aromatic heterocycles. The van der Waals surface area contributed by atoms with Crippen LogP contribution in [-0.2, 0) is 20.1 Å². The van der Waals surface area contributed by atoms with Gasteiger partial charge in [0.15, 0.2) is 5.82 Å². The zero-order valence-electron chi connectivity index (χ0n) is 11.0. The monoisotopic (exact) mass is 267 g/mol. The Balaban J connectivity index is 1.73. The highest BCUT2D eigenvalue weighted by Crippen LogP contribution is 2.25. The van der Waals surface area contributed by atoms with Crippen LogP contribution in [0.25, 0.3) is 23.1 Å². The highest BCUT2D eigenvalue weighted by Gasteiger charge is 2.16. The van der Waals surface area contributed by atoms with E-state index in [-0.39, 0.29) is 0 Å². The number of fused-ring (bicyclic) bond motifs is 1. The molecule has 0 saturated heterocycles. The molecule has 0 radical (unpaired) electrons. The van der Waals surface area contributed by atoms with Gasteiger partial charge in [0.05, 0.1) is 0 Å². The lowest BCUT2D eigenvalue weighted by molar-refractivity contribution is 0.431. The van der Waals surface area contributed by atoms with Gasteiger partial charge in [-0.2, -0.15) is 4.98 Å². The van der Waals surface area contributed by atoms with Crippen molar-refractivity contribution in [2.24, 2.45) is 7.05 Å². The van der Waals surface area contributed by atoms with Gasteiger partial charge in [0.1, 0.15) is 0 Å². The van der Waals surface area contributed by atoms with Crippen molar-refractivity contribution >= 4 is 0 Å². The van der Waals surface area contributed by atoms with Crippen LogP contribution in [0.5, 0.6) is 0 Å². The van der Waals surface area contributed by atoms with E-state index >= 15 is 0 Å². The smallest absolute Gasteiger partial charge is 0.258 e. The Hall–Kier alpha value is -2.47. The summed E-state index contributed by atoms with van der Waals surface area (Å²) in [4.78, 5) is 8.65. The summed E-state index contributed by atoms with van der Waals surface area (Å²) in [5, 5.41) is 7.33. The molecule has 1 N–H and O–H groups in total. The Morgan fingerprint density at radius 2 is 2.15 bits per heavy atom. The van der Waals surface area contributed by atoms with Gasteiger partial charge in [-0.05, 0) is 23.3 Å². The third-order valence-electron chi connectivity index (χ3n) is 3.53. The van der Waals surface area contributed by atoms with Crippen molar-refractivity contribution < 1.29 is 4.52 Å². The van der Waals surface area contributed by atoms with Crippen molar-refractivity contribution in [3.05, 3.63) is 41.7 Å². The van der Waals surface area contributed by atoms with Crippen LogP contribution in [0, 0.1) is 0 Å². The van der Waals surface area contributed by atoms with E-state index in [1.807, 2.05) is 23.9 Å². The number of rotatable bonds is 2. The summed E-state index contributed by atoms with van der Waals surface area (Å²) in [7, 11) is 1.90. The lowest BCUT2D eigenvalue weighted by Gasteiger charge is -1.99. The van der Waals surface area contributed by atoms with Crippen LogP contribution in [-0.4, -0.2) is 19.7 Å². The number of imidazole rings is 1. The van der Waals surface area contributed by atoms with E-state index in [9.17, 15) is 0 Å². The van der Waals surface area contributed by atoms with Crippen molar-refractivity contribution in [3.8, 4) is 23.1 Å². The van der Waals surface area contributed by atoms with E-state index in [4.69, 9.17) is 4.52 Å². The van der Waals surface area contributed by atoms with Gasteiger partial charge in [0.2, 0.25) is 5.82 Å². The minimum Gasteiger partial charge on any atom is -0.334 e. The van der Waals surface area contributed by atoms with Crippen molar-refractivity contribution in [1.82, 2.24) is 25.0 Å². The number of nitrogens with zero attached hydrogens (tertiary/aromatic N) is 4. The maximum atomic E-state index is 5.35. The Morgan fingerprint density at radius 3 is 3.00 bits per heavy atom. The van der Waals surface area contributed by atoms with Crippen LogP contribution in [0.3, 0.4) is 0 Å². The number of aromatic nitrogens is 4. The lowest BCUT2D eigenvalue weighted by Crippen LogP contribution is -1.99. The molecule has 0 bridgehead atoms. The molecule has 3 heterocycles. The van der Waals surface area contributed by atoms with Crippen molar-refractivity contribution in [2.45, 2.75) is 13.1 Å². The minimum absolute atomic E-state index is 0.506. The Kier molecular flexibility index (Phi) is 2.43. The van der Waals surface area contributed by atoms with Gasteiger partial charge in [0.25, 0.3) is 5.89 Å². The Labute approximate surface area is 115 Å². The molecule has 6 nitrogen and oxygen atoms in total. The maximum Gasteiger partial charge on any atom is 0.258 e. The molecule has 20 heavy (non-hydrogen) atoms. The second-order valence-corrected chi connectivity index (χ2v) is 4.87. The summed E-state index contributed by atoms with van der Waals surface area (Å²) in [6.45, 7) is 1.82. The van der Waals surface area contributed by atoms with E-state index < -0.39 is 0 Å². The fraction of sp³-hybridized carbons (Fsp3) is 0.214. The molecule has 0 unspecified atom stereocenters. The predicted octanol–water partition coefficient (Wildman–Crippen LogP) is 1.74. The van der Waals surface area contributed by atoms with Crippen LogP contribution < -0.4 is 5.32 Å². The average molecular weight is 267 g/mol. The molecule has 0 saturated carbocycles.